The van der Waals surface area contributed by atoms with Crippen LogP contribution >= 0.6 is 0 Å². The third-order valence-electron chi connectivity index (χ3n) is 3.08. The molecular weight excluding hydrogens is 256 g/mol. The first-order chi connectivity index (χ1) is 9.56. The van der Waals surface area contributed by atoms with Crippen molar-refractivity contribution in [1.82, 2.24) is 5.16 Å². The molecule has 1 heterocycles. The molecule has 0 radical (unpaired) electrons. The first kappa shape index (κ1) is 14.2. The molecule has 0 unspecified atom stereocenters. The summed E-state index contributed by atoms with van der Waals surface area (Å²) < 4.78 is 15.9. The van der Waals surface area contributed by atoms with Crippen molar-refractivity contribution < 1.29 is 14.0 Å². The average Bonchev–Trinajstić information content (AvgIpc) is 2.79. The monoisotopic (exact) mass is 276 g/mol. The van der Waals surface area contributed by atoms with Crippen LogP contribution in [0.4, 0.5) is 5.82 Å². The summed E-state index contributed by atoms with van der Waals surface area (Å²) in [4.78, 5) is 0. The third kappa shape index (κ3) is 2.71. The molecule has 0 bridgehead atoms. The van der Waals surface area contributed by atoms with Crippen LogP contribution in [0.1, 0.15) is 19.4 Å². The maximum absolute atomic E-state index is 5.89. The van der Waals surface area contributed by atoms with Crippen molar-refractivity contribution in [3.05, 3.63) is 23.8 Å². The van der Waals surface area contributed by atoms with Crippen LogP contribution in [0.15, 0.2) is 22.7 Å². The van der Waals surface area contributed by atoms with Crippen molar-refractivity contribution in [3.8, 4) is 22.8 Å². The Morgan fingerprint density at radius 2 is 1.90 bits per heavy atom. The largest absolute Gasteiger partial charge is 0.493 e. The molecule has 0 saturated heterocycles. The number of hydrogen-bond acceptors (Lipinski definition) is 5. The number of benzene rings is 1. The summed E-state index contributed by atoms with van der Waals surface area (Å²) in [5, 5.41) is 3.87. The van der Waals surface area contributed by atoms with Gasteiger partial charge in [-0.1, -0.05) is 19.0 Å². The predicted molar refractivity (Wildman–Crippen MR) is 78.0 cm³/mol. The molecule has 5 nitrogen and oxygen atoms in total. The smallest absolute Gasteiger partial charge is 0.172 e. The second-order valence-electron chi connectivity index (χ2n) is 5.04. The summed E-state index contributed by atoms with van der Waals surface area (Å²) in [5.41, 5.74) is 7.71. The van der Waals surface area contributed by atoms with Gasteiger partial charge in [0.05, 0.1) is 14.2 Å². The molecule has 108 valence electrons. The summed E-state index contributed by atoms with van der Waals surface area (Å²) in [7, 11) is 3.21. The summed E-state index contributed by atoms with van der Waals surface area (Å²) in [6, 6.07) is 5.61. The van der Waals surface area contributed by atoms with Gasteiger partial charge in [0.25, 0.3) is 0 Å². The number of ether oxygens (including phenoxy) is 2. The van der Waals surface area contributed by atoms with Crippen molar-refractivity contribution >= 4 is 5.82 Å². The number of anilines is 1. The molecular formula is C15H20N2O3. The number of aromatic nitrogens is 1. The number of methoxy groups -OCH3 is 2. The molecule has 0 spiro atoms. The third-order valence-corrected chi connectivity index (χ3v) is 3.08. The SMILES string of the molecule is COc1ccc(-c2onc(N)c2CC(C)C)cc1OC. The molecule has 0 atom stereocenters. The van der Waals surface area contributed by atoms with Gasteiger partial charge in [-0.25, -0.2) is 0 Å². The Morgan fingerprint density at radius 1 is 1.20 bits per heavy atom. The molecule has 0 aliphatic heterocycles. The highest BCUT2D eigenvalue weighted by Crippen LogP contribution is 2.35. The van der Waals surface area contributed by atoms with Crippen molar-refractivity contribution in [3.63, 3.8) is 0 Å². The van der Waals surface area contributed by atoms with Crippen LogP contribution in [0.3, 0.4) is 0 Å². The van der Waals surface area contributed by atoms with Gasteiger partial charge in [-0.2, -0.15) is 0 Å². The molecule has 1 aromatic heterocycles. The quantitative estimate of drug-likeness (QED) is 0.908. The van der Waals surface area contributed by atoms with Crippen LogP contribution in [-0.2, 0) is 6.42 Å². The van der Waals surface area contributed by atoms with E-state index in [0.29, 0.717) is 29.0 Å². The van der Waals surface area contributed by atoms with Crippen LogP contribution in [0.5, 0.6) is 11.5 Å². The summed E-state index contributed by atoms with van der Waals surface area (Å²) in [5.74, 6) is 2.93. The Kier molecular flexibility index (Phi) is 4.17. The lowest BCUT2D eigenvalue weighted by molar-refractivity contribution is 0.355. The Balaban J connectivity index is 2.46. The number of nitrogens with zero attached hydrogens (tertiary/aromatic N) is 1. The Morgan fingerprint density at radius 3 is 2.50 bits per heavy atom. The highest BCUT2D eigenvalue weighted by atomic mass is 16.5. The van der Waals surface area contributed by atoms with Crippen LogP contribution in [0.25, 0.3) is 11.3 Å². The second kappa shape index (κ2) is 5.86. The van der Waals surface area contributed by atoms with E-state index in [1.54, 1.807) is 14.2 Å². The molecule has 0 fully saturated rings. The van der Waals surface area contributed by atoms with Gasteiger partial charge in [0, 0.05) is 11.1 Å². The normalized spacial score (nSPS) is 10.8. The lowest BCUT2D eigenvalue weighted by atomic mass is 9.99. The van der Waals surface area contributed by atoms with E-state index in [9.17, 15) is 0 Å². The zero-order chi connectivity index (χ0) is 14.7. The molecule has 0 amide bonds. The van der Waals surface area contributed by atoms with Crippen molar-refractivity contribution in [2.45, 2.75) is 20.3 Å². The molecule has 0 saturated carbocycles. The van der Waals surface area contributed by atoms with Gasteiger partial charge in [-0.3, -0.25) is 0 Å². The second-order valence-corrected chi connectivity index (χ2v) is 5.04. The lowest BCUT2D eigenvalue weighted by Crippen LogP contribution is -1.99. The fourth-order valence-corrected chi connectivity index (χ4v) is 2.13. The van der Waals surface area contributed by atoms with Gasteiger partial charge >= 0.3 is 0 Å². The van der Waals surface area contributed by atoms with Crippen LogP contribution < -0.4 is 15.2 Å². The molecule has 2 rings (SSSR count). The van der Waals surface area contributed by atoms with E-state index in [0.717, 1.165) is 17.5 Å². The van der Waals surface area contributed by atoms with E-state index >= 15 is 0 Å². The molecule has 2 N–H and O–H groups in total. The lowest BCUT2D eigenvalue weighted by Gasteiger charge is -2.09. The van der Waals surface area contributed by atoms with Crippen molar-refractivity contribution in [2.75, 3.05) is 20.0 Å². The fourth-order valence-electron chi connectivity index (χ4n) is 2.13. The zero-order valence-corrected chi connectivity index (χ0v) is 12.3. The minimum atomic E-state index is 0.448. The Hall–Kier alpha value is -2.17. The number of rotatable bonds is 5. The van der Waals surface area contributed by atoms with E-state index in [1.807, 2.05) is 18.2 Å². The molecule has 0 aliphatic rings. The zero-order valence-electron chi connectivity index (χ0n) is 12.3. The summed E-state index contributed by atoms with van der Waals surface area (Å²) >= 11 is 0. The van der Waals surface area contributed by atoms with Crippen molar-refractivity contribution in [1.29, 1.82) is 0 Å². The van der Waals surface area contributed by atoms with Gasteiger partial charge in [-0.15, -0.1) is 0 Å². The number of nitrogens with two attached hydrogens (primary N) is 1. The molecule has 1 aromatic carbocycles. The number of hydrogen-bond donors (Lipinski definition) is 1. The maximum atomic E-state index is 5.89. The first-order valence-electron chi connectivity index (χ1n) is 6.53. The molecule has 0 aliphatic carbocycles. The van der Waals surface area contributed by atoms with E-state index in [-0.39, 0.29) is 0 Å². The van der Waals surface area contributed by atoms with Gasteiger partial charge in [0.15, 0.2) is 23.1 Å². The molecule has 20 heavy (non-hydrogen) atoms. The van der Waals surface area contributed by atoms with Crippen LogP contribution in [0.2, 0.25) is 0 Å². The predicted octanol–water partition coefficient (Wildman–Crippen LogP) is 3.14. The minimum Gasteiger partial charge on any atom is -0.493 e. The van der Waals surface area contributed by atoms with Crippen LogP contribution in [0, 0.1) is 5.92 Å². The molecule has 5 heteroatoms. The van der Waals surface area contributed by atoms with Crippen LogP contribution in [-0.4, -0.2) is 19.4 Å². The van der Waals surface area contributed by atoms with Gasteiger partial charge in [0.1, 0.15) is 0 Å². The Bertz CT molecular complexity index is 591. The average molecular weight is 276 g/mol. The summed E-state index contributed by atoms with van der Waals surface area (Å²) in [6.07, 6.45) is 0.818. The van der Waals surface area contributed by atoms with E-state index in [1.165, 1.54) is 0 Å². The van der Waals surface area contributed by atoms with Gasteiger partial charge in [-0.05, 0) is 30.5 Å². The highest BCUT2D eigenvalue weighted by Gasteiger charge is 2.18. The van der Waals surface area contributed by atoms with Crippen molar-refractivity contribution in [2.24, 2.45) is 5.92 Å². The van der Waals surface area contributed by atoms with E-state index in [2.05, 4.69) is 19.0 Å². The maximum Gasteiger partial charge on any atom is 0.172 e. The molecule has 2 aromatic rings. The van der Waals surface area contributed by atoms with E-state index < -0.39 is 0 Å². The minimum absolute atomic E-state index is 0.448. The van der Waals surface area contributed by atoms with E-state index in [4.69, 9.17) is 19.7 Å². The Labute approximate surface area is 118 Å². The standard InChI is InChI=1S/C15H20N2O3/c1-9(2)7-11-14(20-17-15(11)16)10-5-6-12(18-3)13(8-10)19-4/h5-6,8-9H,7H2,1-4H3,(H2,16,17). The number of nitrogen functional groups attached to an aromatic ring is 1. The summed E-state index contributed by atoms with van der Waals surface area (Å²) in [6.45, 7) is 4.26. The van der Waals surface area contributed by atoms with Gasteiger partial charge in [0.2, 0.25) is 0 Å². The highest BCUT2D eigenvalue weighted by molar-refractivity contribution is 5.69. The first-order valence-corrected chi connectivity index (χ1v) is 6.53. The van der Waals surface area contributed by atoms with Gasteiger partial charge < -0.3 is 19.7 Å². The fraction of sp³-hybridized carbons (Fsp3) is 0.400. The topological polar surface area (TPSA) is 70.5 Å².